The molecule has 0 spiro atoms. The van der Waals surface area contributed by atoms with Crippen LogP contribution in [0.2, 0.25) is 0 Å². The van der Waals surface area contributed by atoms with E-state index in [-0.39, 0.29) is 11.7 Å². The molecule has 0 aliphatic heterocycles. The molecule has 2 unspecified atom stereocenters. The average Bonchev–Trinajstić information content (AvgIpc) is 3.50. The molecule has 3 N–H and O–H groups in total. The summed E-state index contributed by atoms with van der Waals surface area (Å²) in [6.45, 7) is 2.03. The van der Waals surface area contributed by atoms with Crippen molar-refractivity contribution in [1.82, 2.24) is 24.5 Å². The van der Waals surface area contributed by atoms with Gasteiger partial charge < -0.3 is 15.7 Å². The van der Waals surface area contributed by atoms with E-state index in [1.807, 2.05) is 41.2 Å². The lowest BCUT2D eigenvalue weighted by Crippen LogP contribution is -2.29. The van der Waals surface area contributed by atoms with E-state index in [1.54, 1.807) is 24.9 Å². The van der Waals surface area contributed by atoms with Gasteiger partial charge >= 0.3 is 0 Å². The molecule has 0 saturated carbocycles. The van der Waals surface area contributed by atoms with Crippen LogP contribution in [0.15, 0.2) is 42.7 Å². The van der Waals surface area contributed by atoms with Crippen molar-refractivity contribution in [2.24, 2.45) is 5.73 Å². The summed E-state index contributed by atoms with van der Waals surface area (Å²) in [7, 11) is 1.65. The fraction of sp³-hybridized carbons (Fsp3) is 0.360. The van der Waals surface area contributed by atoms with E-state index in [4.69, 9.17) is 5.73 Å². The highest BCUT2D eigenvalue weighted by Gasteiger charge is 2.32. The van der Waals surface area contributed by atoms with Crippen molar-refractivity contribution < 1.29 is 14.7 Å². The number of rotatable bonds is 7. The molecule has 3 aromatic rings. The number of carbonyl (C=O) groups excluding carboxylic acids is 2. The standard InChI is InChI=1S/C25H28N6O3/c1-25(34,12-15-29(2)17-32)11-10-18-6-3-7-19(16-18)31-21-9-4-8-20(30-14-5-13-27-30)22(21)23(28-31)24(26)33/h3,5-7,13-14,16-17,20,34H,4,8-9,12,15H2,1-2H3,(H2,26,33). The number of carbonyl (C=O) groups is 2. The lowest BCUT2D eigenvalue weighted by molar-refractivity contribution is -0.117. The maximum Gasteiger partial charge on any atom is 0.269 e. The van der Waals surface area contributed by atoms with Crippen molar-refractivity contribution in [1.29, 1.82) is 0 Å². The Morgan fingerprint density at radius 2 is 2.24 bits per heavy atom. The van der Waals surface area contributed by atoms with E-state index in [0.717, 1.165) is 42.6 Å². The van der Waals surface area contributed by atoms with E-state index in [2.05, 4.69) is 22.0 Å². The Hall–Kier alpha value is -3.90. The number of aliphatic hydroxyl groups is 1. The summed E-state index contributed by atoms with van der Waals surface area (Å²) in [6, 6.07) is 9.24. The van der Waals surface area contributed by atoms with Gasteiger partial charge in [-0.25, -0.2) is 4.68 Å². The van der Waals surface area contributed by atoms with Gasteiger partial charge in [-0.15, -0.1) is 0 Å². The van der Waals surface area contributed by atoms with Crippen molar-refractivity contribution in [3.63, 3.8) is 0 Å². The number of nitrogens with zero attached hydrogens (tertiary/aromatic N) is 5. The Kier molecular flexibility index (Phi) is 6.52. The van der Waals surface area contributed by atoms with Crippen molar-refractivity contribution >= 4 is 12.3 Å². The molecule has 9 nitrogen and oxygen atoms in total. The van der Waals surface area contributed by atoms with Gasteiger partial charge in [0.2, 0.25) is 6.41 Å². The first-order valence-corrected chi connectivity index (χ1v) is 11.2. The highest BCUT2D eigenvalue weighted by molar-refractivity contribution is 5.93. The van der Waals surface area contributed by atoms with Gasteiger partial charge in [0.05, 0.1) is 17.4 Å². The van der Waals surface area contributed by atoms with Crippen LogP contribution in [-0.2, 0) is 11.2 Å². The topological polar surface area (TPSA) is 119 Å². The minimum absolute atomic E-state index is 0.0995. The fourth-order valence-corrected chi connectivity index (χ4v) is 4.22. The first-order valence-electron chi connectivity index (χ1n) is 11.2. The van der Waals surface area contributed by atoms with Crippen LogP contribution in [0.25, 0.3) is 5.69 Å². The Morgan fingerprint density at radius 3 is 2.94 bits per heavy atom. The third kappa shape index (κ3) is 4.87. The highest BCUT2D eigenvalue weighted by Crippen LogP contribution is 2.36. The normalized spacial score (nSPS) is 16.6. The molecule has 2 atom stereocenters. The van der Waals surface area contributed by atoms with Crippen LogP contribution < -0.4 is 5.73 Å². The third-order valence-electron chi connectivity index (χ3n) is 6.02. The summed E-state index contributed by atoms with van der Waals surface area (Å²) in [5, 5.41) is 19.5. The lowest BCUT2D eigenvalue weighted by Gasteiger charge is -2.24. The van der Waals surface area contributed by atoms with E-state index in [1.165, 1.54) is 4.90 Å². The number of benzene rings is 1. The molecule has 0 saturated heterocycles. The molecular weight excluding hydrogens is 432 g/mol. The zero-order valence-corrected chi connectivity index (χ0v) is 19.3. The highest BCUT2D eigenvalue weighted by atomic mass is 16.3. The van der Waals surface area contributed by atoms with E-state index in [0.29, 0.717) is 18.5 Å². The first-order chi connectivity index (χ1) is 16.3. The molecular formula is C25H28N6O3. The Balaban J connectivity index is 1.68. The van der Waals surface area contributed by atoms with Crippen molar-refractivity contribution in [2.45, 2.75) is 44.2 Å². The second-order valence-electron chi connectivity index (χ2n) is 8.79. The predicted octanol–water partition coefficient (Wildman–Crippen LogP) is 1.67. The summed E-state index contributed by atoms with van der Waals surface area (Å²) in [4.78, 5) is 24.5. The molecule has 1 aliphatic carbocycles. The molecule has 4 rings (SSSR count). The molecule has 0 radical (unpaired) electrons. The van der Waals surface area contributed by atoms with Crippen molar-refractivity contribution in [2.75, 3.05) is 13.6 Å². The fourth-order valence-electron chi connectivity index (χ4n) is 4.22. The van der Waals surface area contributed by atoms with Crippen LogP contribution in [-0.4, -0.2) is 61.1 Å². The van der Waals surface area contributed by atoms with Gasteiger partial charge in [0.15, 0.2) is 5.69 Å². The number of hydrogen-bond acceptors (Lipinski definition) is 5. The predicted molar refractivity (Wildman–Crippen MR) is 126 cm³/mol. The van der Waals surface area contributed by atoms with Crippen molar-refractivity contribution in [3.8, 4) is 17.5 Å². The molecule has 0 bridgehead atoms. The zero-order chi connectivity index (χ0) is 24.3. The summed E-state index contributed by atoms with van der Waals surface area (Å²) in [5.74, 6) is 5.35. The Morgan fingerprint density at radius 1 is 1.41 bits per heavy atom. The molecule has 9 heteroatoms. The quantitative estimate of drug-likeness (QED) is 0.411. The van der Waals surface area contributed by atoms with Crippen LogP contribution in [0.5, 0.6) is 0 Å². The number of aromatic nitrogens is 4. The van der Waals surface area contributed by atoms with Gasteiger partial charge in [-0.2, -0.15) is 10.2 Å². The number of fused-ring (bicyclic) bond motifs is 1. The molecule has 1 aliphatic rings. The minimum Gasteiger partial charge on any atom is -0.378 e. The second-order valence-corrected chi connectivity index (χ2v) is 8.79. The molecule has 2 heterocycles. The monoisotopic (exact) mass is 460 g/mol. The van der Waals surface area contributed by atoms with E-state index < -0.39 is 11.5 Å². The smallest absolute Gasteiger partial charge is 0.269 e. The molecule has 0 fully saturated rings. The molecule has 176 valence electrons. The van der Waals surface area contributed by atoms with Crippen LogP contribution in [0.1, 0.15) is 59.5 Å². The number of amides is 2. The lowest BCUT2D eigenvalue weighted by atomic mass is 9.90. The number of nitrogens with two attached hydrogens (primary N) is 1. The summed E-state index contributed by atoms with van der Waals surface area (Å²) < 4.78 is 3.62. The van der Waals surface area contributed by atoms with Gasteiger partial charge in [0, 0.05) is 43.5 Å². The van der Waals surface area contributed by atoms with Crippen molar-refractivity contribution in [3.05, 3.63) is 65.2 Å². The van der Waals surface area contributed by atoms with Gasteiger partial charge in [-0.05, 0) is 50.5 Å². The molecule has 1 aromatic carbocycles. The maximum atomic E-state index is 12.3. The van der Waals surface area contributed by atoms with Gasteiger partial charge in [-0.1, -0.05) is 17.9 Å². The van der Waals surface area contributed by atoms with Crippen LogP contribution in [0.4, 0.5) is 0 Å². The Bertz CT molecular complexity index is 1250. The summed E-state index contributed by atoms with van der Waals surface area (Å²) in [5.41, 5.74) is 7.95. The number of hydrogen-bond donors (Lipinski definition) is 2. The maximum absolute atomic E-state index is 12.3. The SMILES string of the molecule is CN(C=O)CCC(C)(O)C#Cc1cccc(-n2nc(C(N)=O)c3c2CCCC3n2cccn2)c1. The molecule has 34 heavy (non-hydrogen) atoms. The van der Waals surface area contributed by atoms with Crippen LogP contribution >= 0.6 is 0 Å². The number of primary amides is 1. The van der Waals surface area contributed by atoms with Gasteiger partial charge in [-0.3, -0.25) is 14.3 Å². The van der Waals surface area contributed by atoms with E-state index >= 15 is 0 Å². The molecule has 2 aromatic heterocycles. The average molecular weight is 461 g/mol. The summed E-state index contributed by atoms with van der Waals surface area (Å²) in [6.07, 6.45) is 7.20. The van der Waals surface area contributed by atoms with Crippen LogP contribution in [0, 0.1) is 11.8 Å². The summed E-state index contributed by atoms with van der Waals surface area (Å²) >= 11 is 0. The van der Waals surface area contributed by atoms with Gasteiger partial charge in [0.25, 0.3) is 5.91 Å². The zero-order valence-electron chi connectivity index (χ0n) is 19.3. The Labute approximate surface area is 198 Å². The molecule has 2 amide bonds. The third-order valence-corrected chi connectivity index (χ3v) is 6.02. The largest absolute Gasteiger partial charge is 0.378 e. The minimum atomic E-state index is -1.24. The first kappa shape index (κ1) is 23.3. The van der Waals surface area contributed by atoms with Gasteiger partial charge in [0.1, 0.15) is 5.60 Å². The second kappa shape index (κ2) is 9.53. The van der Waals surface area contributed by atoms with E-state index in [9.17, 15) is 14.7 Å². The van der Waals surface area contributed by atoms with Crippen LogP contribution in [0.3, 0.4) is 0 Å².